The maximum absolute atomic E-state index is 12.3. The van der Waals surface area contributed by atoms with Gasteiger partial charge in [-0.25, -0.2) is 0 Å². The van der Waals surface area contributed by atoms with Gasteiger partial charge in [0.25, 0.3) is 11.8 Å². The SMILES string of the molecule is N#CCc1ccc(NC(=O)c2ccc(NC(=O)c3cccs3)cc2)cc1. The summed E-state index contributed by atoms with van der Waals surface area (Å²) in [4.78, 5) is 24.9. The largest absolute Gasteiger partial charge is 0.322 e. The Kier molecular flexibility index (Phi) is 5.42. The first kappa shape index (κ1) is 17.4. The van der Waals surface area contributed by atoms with E-state index in [0.717, 1.165) is 5.56 Å². The predicted octanol–water partition coefficient (Wildman–Crippen LogP) is 4.32. The summed E-state index contributed by atoms with van der Waals surface area (Å²) in [5.41, 5.74) is 2.67. The van der Waals surface area contributed by atoms with Crippen molar-refractivity contribution < 1.29 is 9.59 Å². The summed E-state index contributed by atoms with van der Waals surface area (Å²) >= 11 is 1.37. The molecular weight excluding hydrogens is 346 g/mol. The van der Waals surface area contributed by atoms with Crippen LogP contribution in [0.4, 0.5) is 11.4 Å². The van der Waals surface area contributed by atoms with Crippen molar-refractivity contribution in [2.45, 2.75) is 6.42 Å². The zero-order chi connectivity index (χ0) is 18.4. The van der Waals surface area contributed by atoms with Gasteiger partial charge >= 0.3 is 0 Å². The molecule has 1 heterocycles. The van der Waals surface area contributed by atoms with E-state index in [-0.39, 0.29) is 11.8 Å². The molecule has 2 aromatic carbocycles. The number of carbonyl (C=O) groups excluding carboxylic acids is 2. The minimum atomic E-state index is -0.242. The lowest BCUT2D eigenvalue weighted by Gasteiger charge is -2.07. The van der Waals surface area contributed by atoms with Gasteiger partial charge in [0.05, 0.1) is 17.4 Å². The molecule has 0 atom stereocenters. The number of rotatable bonds is 5. The van der Waals surface area contributed by atoms with Crippen molar-refractivity contribution in [3.8, 4) is 6.07 Å². The monoisotopic (exact) mass is 361 g/mol. The van der Waals surface area contributed by atoms with Gasteiger partial charge in [-0.3, -0.25) is 9.59 Å². The highest BCUT2D eigenvalue weighted by atomic mass is 32.1. The Bertz CT molecular complexity index is 940. The second-order valence-electron chi connectivity index (χ2n) is 5.49. The molecule has 5 nitrogen and oxygen atoms in total. The summed E-state index contributed by atoms with van der Waals surface area (Å²) in [6, 6.07) is 19.5. The lowest BCUT2D eigenvalue weighted by Crippen LogP contribution is -2.13. The highest BCUT2D eigenvalue weighted by Crippen LogP contribution is 2.16. The van der Waals surface area contributed by atoms with Crippen LogP contribution in [-0.4, -0.2) is 11.8 Å². The number of carbonyl (C=O) groups is 2. The first-order valence-electron chi connectivity index (χ1n) is 7.88. The third-order valence-corrected chi connectivity index (χ3v) is 4.51. The fourth-order valence-electron chi connectivity index (χ4n) is 2.31. The quantitative estimate of drug-likeness (QED) is 0.710. The van der Waals surface area contributed by atoms with Gasteiger partial charge in [0.1, 0.15) is 0 Å². The van der Waals surface area contributed by atoms with E-state index in [1.54, 1.807) is 42.5 Å². The van der Waals surface area contributed by atoms with E-state index in [9.17, 15) is 9.59 Å². The van der Waals surface area contributed by atoms with Gasteiger partial charge in [-0.1, -0.05) is 18.2 Å². The molecular formula is C20H15N3O2S. The fraction of sp³-hybridized carbons (Fsp3) is 0.0500. The second kappa shape index (κ2) is 8.10. The first-order valence-corrected chi connectivity index (χ1v) is 8.76. The highest BCUT2D eigenvalue weighted by molar-refractivity contribution is 7.12. The van der Waals surface area contributed by atoms with Gasteiger partial charge in [-0.2, -0.15) is 5.26 Å². The predicted molar refractivity (Wildman–Crippen MR) is 102 cm³/mol. The topological polar surface area (TPSA) is 82.0 Å². The van der Waals surface area contributed by atoms with Crippen molar-refractivity contribution in [3.63, 3.8) is 0 Å². The Hall–Kier alpha value is -3.43. The Morgan fingerprint density at radius 1 is 0.885 bits per heavy atom. The molecule has 26 heavy (non-hydrogen) atoms. The van der Waals surface area contributed by atoms with Gasteiger partial charge in [-0.15, -0.1) is 11.3 Å². The fourth-order valence-corrected chi connectivity index (χ4v) is 2.92. The second-order valence-corrected chi connectivity index (χ2v) is 6.44. The van der Waals surface area contributed by atoms with E-state index < -0.39 is 0 Å². The molecule has 0 radical (unpaired) electrons. The maximum Gasteiger partial charge on any atom is 0.265 e. The molecule has 0 saturated heterocycles. The molecule has 3 aromatic rings. The third-order valence-electron chi connectivity index (χ3n) is 3.64. The molecule has 3 rings (SSSR count). The minimum absolute atomic E-state index is 0.172. The Morgan fingerprint density at radius 3 is 2.08 bits per heavy atom. The average Bonchev–Trinajstić information content (AvgIpc) is 3.19. The number of benzene rings is 2. The smallest absolute Gasteiger partial charge is 0.265 e. The van der Waals surface area contributed by atoms with Crippen LogP contribution in [0, 0.1) is 11.3 Å². The van der Waals surface area contributed by atoms with Crippen LogP contribution in [0.3, 0.4) is 0 Å². The van der Waals surface area contributed by atoms with Crippen molar-refractivity contribution in [1.82, 2.24) is 0 Å². The summed E-state index contributed by atoms with van der Waals surface area (Å²) in [6.07, 6.45) is 0.340. The summed E-state index contributed by atoms with van der Waals surface area (Å²) < 4.78 is 0. The lowest BCUT2D eigenvalue weighted by molar-refractivity contribution is 0.102. The van der Waals surface area contributed by atoms with Crippen molar-refractivity contribution in [2.75, 3.05) is 10.6 Å². The van der Waals surface area contributed by atoms with E-state index in [2.05, 4.69) is 16.7 Å². The summed E-state index contributed by atoms with van der Waals surface area (Å²) in [7, 11) is 0. The van der Waals surface area contributed by atoms with E-state index in [1.807, 2.05) is 23.6 Å². The van der Waals surface area contributed by atoms with E-state index in [1.165, 1.54) is 11.3 Å². The molecule has 0 unspecified atom stereocenters. The number of nitrogens with one attached hydrogen (secondary N) is 2. The molecule has 2 amide bonds. The normalized spacial score (nSPS) is 9.96. The summed E-state index contributed by atoms with van der Waals surface area (Å²) in [5, 5.41) is 16.1. The Labute approximate surface area is 154 Å². The van der Waals surface area contributed by atoms with Gasteiger partial charge in [0.2, 0.25) is 0 Å². The zero-order valence-corrected chi connectivity index (χ0v) is 14.5. The van der Waals surface area contributed by atoms with Gasteiger partial charge in [0, 0.05) is 16.9 Å². The number of thiophene rings is 1. The molecule has 0 aliphatic carbocycles. The molecule has 0 fully saturated rings. The molecule has 2 N–H and O–H groups in total. The van der Waals surface area contributed by atoms with E-state index >= 15 is 0 Å². The standard InChI is InChI=1S/C20H15N3O2S/c21-12-11-14-3-7-16(8-4-14)22-19(24)15-5-9-17(10-6-15)23-20(25)18-2-1-13-26-18/h1-10,13H,11H2,(H,22,24)(H,23,25). The van der Waals surface area contributed by atoms with Crippen molar-refractivity contribution in [2.24, 2.45) is 0 Å². The Morgan fingerprint density at radius 2 is 1.50 bits per heavy atom. The highest BCUT2D eigenvalue weighted by Gasteiger charge is 2.09. The van der Waals surface area contributed by atoms with E-state index in [0.29, 0.717) is 28.2 Å². The molecule has 0 bridgehead atoms. The summed E-state index contributed by atoms with van der Waals surface area (Å²) in [6.45, 7) is 0. The zero-order valence-electron chi connectivity index (χ0n) is 13.7. The van der Waals surface area contributed by atoms with Crippen molar-refractivity contribution in [3.05, 3.63) is 82.0 Å². The van der Waals surface area contributed by atoms with Crippen LogP contribution in [0.5, 0.6) is 0 Å². The van der Waals surface area contributed by atoms with Crippen LogP contribution in [-0.2, 0) is 6.42 Å². The lowest BCUT2D eigenvalue weighted by atomic mass is 10.1. The number of hydrogen-bond donors (Lipinski definition) is 2. The van der Waals surface area contributed by atoms with Crippen LogP contribution < -0.4 is 10.6 Å². The van der Waals surface area contributed by atoms with E-state index in [4.69, 9.17) is 5.26 Å². The molecule has 1 aromatic heterocycles. The Balaban J connectivity index is 1.61. The first-order chi connectivity index (χ1) is 12.7. The van der Waals surface area contributed by atoms with Gasteiger partial charge in [0.15, 0.2) is 0 Å². The number of nitriles is 1. The molecule has 0 saturated carbocycles. The summed E-state index contributed by atoms with van der Waals surface area (Å²) in [5.74, 6) is -0.413. The van der Waals surface area contributed by atoms with Gasteiger partial charge in [-0.05, 0) is 53.4 Å². The van der Waals surface area contributed by atoms with Crippen molar-refractivity contribution >= 4 is 34.5 Å². The number of amides is 2. The molecule has 0 aliphatic heterocycles. The van der Waals surface area contributed by atoms with Crippen LogP contribution in [0.1, 0.15) is 25.6 Å². The van der Waals surface area contributed by atoms with Gasteiger partial charge < -0.3 is 10.6 Å². The maximum atomic E-state index is 12.3. The van der Waals surface area contributed by atoms with Crippen LogP contribution in [0.25, 0.3) is 0 Å². The molecule has 0 aliphatic rings. The minimum Gasteiger partial charge on any atom is -0.322 e. The number of nitrogens with zero attached hydrogens (tertiary/aromatic N) is 1. The third kappa shape index (κ3) is 4.35. The van der Waals surface area contributed by atoms with Crippen molar-refractivity contribution in [1.29, 1.82) is 5.26 Å². The van der Waals surface area contributed by atoms with Crippen LogP contribution in [0.15, 0.2) is 66.0 Å². The average molecular weight is 361 g/mol. The number of hydrogen-bond acceptors (Lipinski definition) is 4. The molecule has 6 heteroatoms. The molecule has 0 spiro atoms. The number of anilines is 2. The van der Waals surface area contributed by atoms with Crippen LogP contribution in [0.2, 0.25) is 0 Å². The van der Waals surface area contributed by atoms with Crippen LogP contribution >= 0.6 is 11.3 Å². The molecule has 128 valence electrons.